The van der Waals surface area contributed by atoms with E-state index in [0.717, 1.165) is 4.90 Å². The van der Waals surface area contributed by atoms with Gasteiger partial charge in [-0.25, -0.2) is 0 Å². The summed E-state index contributed by atoms with van der Waals surface area (Å²) in [6, 6.07) is -9.62. The highest BCUT2D eigenvalue weighted by Crippen LogP contribution is 2.30. The number of nitrogens with one attached hydrogen (secondary N) is 1. The van der Waals surface area contributed by atoms with Crippen LogP contribution in [-0.4, -0.2) is 246 Å². The summed E-state index contributed by atoms with van der Waals surface area (Å²) in [5, 5.41) is 15.0. The summed E-state index contributed by atoms with van der Waals surface area (Å²) in [5.41, 5.74) is 0. The van der Waals surface area contributed by atoms with Gasteiger partial charge in [0.05, 0.1) is 24.3 Å². The fraction of sp³-hybridized carbons (Fsp3) is 0.814. The van der Waals surface area contributed by atoms with Crippen LogP contribution in [0.1, 0.15) is 175 Å². The highest BCUT2D eigenvalue weighted by Gasteiger charge is 2.47. The molecule has 2 fully saturated rings. The third-order valence-corrected chi connectivity index (χ3v) is 19.4. The van der Waals surface area contributed by atoms with Crippen LogP contribution in [0.3, 0.4) is 0 Å². The SMILES string of the molecule is C/C=C/C[C@@H](C)[C@@H](O)[C@H]1C(=O)N[C@@H](CC)C(=O)N(C)[C@H](C)C(=O)N(C)[C@@H]([C@H](C)CCN2CC(OC)C2)C(=O)C[C@@H](C(C)C)C(=O)N(C)[C@@H](CC(C)C)C(=O)C[C@@H](C)C(=O)C[C@H](C)C(=O)N(C)[C@@H](CC(C)C)C(=O)N(C)[C@@H](CC(C)C)C(=O)N(C)[C@@H](C(C)C)C(=O)N1C. The first-order valence-electron chi connectivity index (χ1n) is 33.9. The molecule has 0 saturated carbocycles. The maximum Gasteiger partial charge on any atom is 0.246 e. The van der Waals surface area contributed by atoms with Crippen LogP contribution < -0.4 is 5.32 Å². The Labute approximate surface area is 553 Å². The zero-order chi connectivity index (χ0) is 70.8. The molecule has 0 spiro atoms. The lowest BCUT2D eigenvalue weighted by Gasteiger charge is -2.41. The molecule has 2 aliphatic heterocycles. The van der Waals surface area contributed by atoms with Gasteiger partial charge in [0.25, 0.3) is 0 Å². The van der Waals surface area contributed by atoms with Crippen LogP contribution >= 0.6 is 0 Å². The Morgan fingerprint density at radius 1 is 0.522 bits per heavy atom. The number of carbonyl (C=O) groups is 11. The summed E-state index contributed by atoms with van der Waals surface area (Å²) in [7, 11) is 12.0. The Morgan fingerprint density at radius 2 is 0.989 bits per heavy atom. The second-order valence-electron chi connectivity index (χ2n) is 29.1. The Bertz CT molecular complexity index is 2530. The molecule has 526 valence electrons. The molecule has 0 bridgehead atoms. The number of Topliss-reactive ketones (excluding diaryl/α,β-unsaturated/α-hetero) is 3. The number of ketones is 3. The molecule has 0 aromatic heterocycles. The van der Waals surface area contributed by atoms with Gasteiger partial charge in [-0.05, 0) is 100 Å². The van der Waals surface area contributed by atoms with Gasteiger partial charge in [0.15, 0.2) is 11.6 Å². The molecule has 0 aliphatic carbocycles. The van der Waals surface area contributed by atoms with Crippen molar-refractivity contribution in [1.82, 2.24) is 44.5 Å². The van der Waals surface area contributed by atoms with E-state index >= 15 is 24.0 Å². The van der Waals surface area contributed by atoms with Crippen molar-refractivity contribution in [2.75, 3.05) is 76.1 Å². The molecule has 8 amide bonds. The number of rotatable bonds is 18. The first-order valence-corrected chi connectivity index (χ1v) is 33.9. The number of likely N-dealkylation sites (N-methyl/N-ethyl adjacent to an activating group) is 7. The third kappa shape index (κ3) is 22.0. The van der Waals surface area contributed by atoms with Gasteiger partial charge in [-0.2, -0.15) is 0 Å². The number of carbonyl (C=O) groups excluding carboxylic acids is 11. The first-order chi connectivity index (χ1) is 42.6. The Kier molecular flexibility index (Phi) is 33.6. The molecule has 0 radical (unpaired) electrons. The molecule has 0 aromatic rings. The van der Waals surface area contributed by atoms with E-state index in [9.17, 15) is 33.9 Å². The maximum atomic E-state index is 15.3. The van der Waals surface area contributed by atoms with Gasteiger partial charge >= 0.3 is 0 Å². The number of ether oxygens (including phenoxy) is 1. The molecule has 2 aliphatic rings. The Hall–Kier alpha value is -5.61. The minimum atomic E-state index is -1.61. The van der Waals surface area contributed by atoms with Crippen molar-refractivity contribution in [3.8, 4) is 0 Å². The van der Waals surface area contributed by atoms with Crippen LogP contribution in [0, 0.1) is 59.2 Å². The lowest BCUT2D eigenvalue weighted by molar-refractivity contribution is -0.157. The fourth-order valence-electron chi connectivity index (χ4n) is 13.0. The zero-order valence-corrected chi connectivity index (χ0v) is 61.1. The van der Waals surface area contributed by atoms with Gasteiger partial charge in [-0.15, -0.1) is 0 Å². The van der Waals surface area contributed by atoms with Crippen molar-refractivity contribution < 1.29 is 62.6 Å². The number of methoxy groups -OCH3 is 1. The standard InChI is InChI=1S/C70H123N9O13/c1-26-28-29-46(14)62(83)61-63(84)71-52(27-2)67(88)72(18)49(17)65(86)77(23)60(45(13)30-31-79-38-50(39-79)92-25)58(82)37-51(43(9)10)66(87)73(19)53(32-40(3)4)57(81)35-47(15)56(80)36-48(16)64(85)74(20)54(33-41(5)6)68(89)75(21)55(34-42(7)8)69(90)76(22)59(44(11)12)70(91)78(61)24/h26,28,40-55,59-62,83H,27,29-39H2,1-25H3,(H,71,84)/b28-26+/t45-,46-,47-,48+,49-,51+,52+,53+,54+,55+,59+,60+,61+,62-/m1/s1. The molecule has 0 aromatic carbocycles. The average molecular weight is 1300 g/mol. The Morgan fingerprint density at radius 3 is 1.47 bits per heavy atom. The quantitative estimate of drug-likeness (QED) is 0.144. The number of allylic oxidation sites excluding steroid dienone is 2. The maximum absolute atomic E-state index is 15.3. The molecule has 22 heteroatoms. The van der Waals surface area contributed by atoms with E-state index < -0.39 is 149 Å². The van der Waals surface area contributed by atoms with E-state index in [-0.39, 0.29) is 80.4 Å². The molecule has 2 saturated heterocycles. The van der Waals surface area contributed by atoms with Crippen LogP contribution in [0.15, 0.2) is 12.2 Å². The predicted octanol–water partition coefficient (Wildman–Crippen LogP) is 6.24. The lowest BCUT2D eigenvalue weighted by atomic mass is 9.82. The first kappa shape index (κ1) is 82.5. The molecule has 2 N–H and O–H groups in total. The van der Waals surface area contributed by atoms with E-state index in [4.69, 9.17) is 4.74 Å². The number of hydrogen-bond acceptors (Lipinski definition) is 14. The third-order valence-electron chi connectivity index (χ3n) is 19.4. The van der Waals surface area contributed by atoms with Gasteiger partial charge in [0.1, 0.15) is 42.0 Å². The van der Waals surface area contributed by atoms with E-state index in [1.54, 1.807) is 61.8 Å². The second kappa shape index (κ2) is 37.5. The van der Waals surface area contributed by atoms with E-state index in [0.29, 0.717) is 32.5 Å². The van der Waals surface area contributed by atoms with Crippen molar-refractivity contribution in [3.05, 3.63) is 12.2 Å². The van der Waals surface area contributed by atoms with Crippen molar-refractivity contribution in [1.29, 1.82) is 0 Å². The summed E-state index contributed by atoms with van der Waals surface area (Å²) in [6.45, 7) is 32.4. The topological polar surface area (TPSA) is 255 Å². The number of aliphatic hydroxyl groups is 1. The van der Waals surface area contributed by atoms with Gasteiger partial charge in [-0.1, -0.05) is 116 Å². The van der Waals surface area contributed by atoms with Crippen molar-refractivity contribution in [2.24, 2.45) is 59.2 Å². The molecular formula is C70H123N9O13. The summed E-state index contributed by atoms with van der Waals surface area (Å²) >= 11 is 0. The van der Waals surface area contributed by atoms with Crippen LogP contribution in [0.5, 0.6) is 0 Å². The minimum Gasteiger partial charge on any atom is -0.390 e. The van der Waals surface area contributed by atoms with Crippen LogP contribution in [0.4, 0.5) is 0 Å². The van der Waals surface area contributed by atoms with Crippen molar-refractivity contribution >= 4 is 64.6 Å². The highest BCUT2D eigenvalue weighted by molar-refractivity contribution is 6.00. The van der Waals surface area contributed by atoms with Crippen molar-refractivity contribution in [2.45, 2.75) is 236 Å². The molecule has 14 atom stereocenters. The normalized spacial score (nSPS) is 28.3. The van der Waals surface area contributed by atoms with Gasteiger partial charge in [-0.3, -0.25) is 57.6 Å². The zero-order valence-electron chi connectivity index (χ0n) is 61.1. The smallest absolute Gasteiger partial charge is 0.246 e. The molecule has 0 unspecified atom stereocenters. The largest absolute Gasteiger partial charge is 0.390 e. The van der Waals surface area contributed by atoms with Gasteiger partial charge in [0.2, 0.25) is 47.3 Å². The molecule has 92 heavy (non-hydrogen) atoms. The molecule has 22 nitrogen and oxygen atoms in total. The number of aliphatic hydroxyl groups excluding tert-OH is 1. The Balaban J connectivity index is 3.03. The van der Waals surface area contributed by atoms with Gasteiger partial charge in [0, 0.05) is 107 Å². The highest BCUT2D eigenvalue weighted by atomic mass is 16.5. The summed E-state index contributed by atoms with van der Waals surface area (Å²) in [6.07, 6.45) is 2.86. The predicted molar refractivity (Wildman–Crippen MR) is 358 cm³/mol. The van der Waals surface area contributed by atoms with E-state index in [2.05, 4.69) is 10.2 Å². The monoisotopic (exact) mass is 1300 g/mol. The number of amides is 8. The summed E-state index contributed by atoms with van der Waals surface area (Å²) in [4.78, 5) is 175. The average Bonchev–Trinajstić information content (AvgIpc) is 0.817. The molecule has 2 heterocycles. The van der Waals surface area contributed by atoms with Gasteiger partial charge < -0.3 is 49.5 Å². The second-order valence-corrected chi connectivity index (χ2v) is 29.1. The number of likely N-dealkylation sites (tertiary alicyclic amines) is 1. The lowest BCUT2D eigenvalue weighted by Crippen LogP contribution is -2.63. The van der Waals surface area contributed by atoms with Crippen LogP contribution in [0.25, 0.3) is 0 Å². The number of hydrogen-bond donors (Lipinski definition) is 2. The summed E-state index contributed by atoms with van der Waals surface area (Å²) in [5.74, 6) is -11.1. The summed E-state index contributed by atoms with van der Waals surface area (Å²) < 4.78 is 5.50. The van der Waals surface area contributed by atoms with Crippen molar-refractivity contribution in [3.63, 3.8) is 0 Å². The van der Waals surface area contributed by atoms with E-state index in [1.165, 1.54) is 78.6 Å². The molecular weight excluding hydrogens is 1170 g/mol. The molecule has 2 rings (SSSR count). The van der Waals surface area contributed by atoms with E-state index in [1.807, 2.05) is 75.3 Å². The number of nitrogens with zero attached hydrogens (tertiary/aromatic N) is 8. The van der Waals surface area contributed by atoms with Crippen LogP contribution in [0.2, 0.25) is 0 Å². The van der Waals surface area contributed by atoms with Crippen LogP contribution in [-0.2, 0) is 57.5 Å². The minimum absolute atomic E-state index is 0.0228. The fourth-order valence-corrected chi connectivity index (χ4v) is 13.0.